The molecule has 0 aromatic heterocycles. The number of rotatable bonds is 4. The van der Waals surface area contributed by atoms with Crippen molar-refractivity contribution in [2.45, 2.75) is 12.6 Å². The van der Waals surface area contributed by atoms with Crippen LogP contribution in [0.5, 0.6) is 0 Å². The minimum absolute atomic E-state index is 0.0903. The lowest BCUT2D eigenvalue weighted by molar-refractivity contribution is 0.187. The largest absolute Gasteiger partial charge is 0.465 e. The van der Waals surface area contributed by atoms with Gasteiger partial charge in [-0.05, 0) is 11.1 Å². The molecule has 1 atom stereocenters. The number of carboxylic acid groups (broad SMARTS) is 1. The van der Waals surface area contributed by atoms with Crippen molar-refractivity contribution in [2.75, 3.05) is 6.67 Å². The highest BCUT2D eigenvalue weighted by Gasteiger charge is 2.13. The Morgan fingerprint density at radius 1 is 1.40 bits per heavy atom. The molecule has 0 heterocycles. The standard InChI is InChI=1S/C10H12FNO3/c11-5-9(12-10(14)15)8-3-1-7(6-13)2-4-8/h1-4,9,12-13H,5-6H2,(H,14,15). The summed E-state index contributed by atoms with van der Waals surface area (Å²) in [5, 5.41) is 19.3. The third-order valence-corrected chi connectivity index (χ3v) is 2.02. The van der Waals surface area contributed by atoms with E-state index in [9.17, 15) is 9.18 Å². The second-order valence-corrected chi connectivity index (χ2v) is 3.06. The molecule has 15 heavy (non-hydrogen) atoms. The maximum Gasteiger partial charge on any atom is 0.405 e. The Morgan fingerprint density at radius 2 is 2.00 bits per heavy atom. The first kappa shape index (κ1) is 11.5. The first-order chi connectivity index (χ1) is 7.17. The van der Waals surface area contributed by atoms with Crippen LogP contribution in [0.3, 0.4) is 0 Å². The number of amides is 1. The van der Waals surface area contributed by atoms with E-state index >= 15 is 0 Å². The smallest absolute Gasteiger partial charge is 0.405 e. The lowest BCUT2D eigenvalue weighted by Gasteiger charge is -2.13. The van der Waals surface area contributed by atoms with E-state index in [1.807, 2.05) is 0 Å². The number of nitrogens with one attached hydrogen (secondary N) is 1. The Labute approximate surface area is 86.4 Å². The van der Waals surface area contributed by atoms with Gasteiger partial charge in [-0.15, -0.1) is 0 Å². The average Bonchev–Trinajstić information content (AvgIpc) is 2.26. The number of carbonyl (C=O) groups is 1. The maximum absolute atomic E-state index is 12.5. The highest BCUT2D eigenvalue weighted by atomic mass is 19.1. The number of aliphatic hydroxyl groups excluding tert-OH is 1. The highest BCUT2D eigenvalue weighted by Crippen LogP contribution is 2.14. The third-order valence-electron chi connectivity index (χ3n) is 2.02. The second kappa shape index (κ2) is 5.31. The Balaban J connectivity index is 2.78. The van der Waals surface area contributed by atoms with Crippen molar-refractivity contribution in [3.05, 3.63) is 35.4 Å². The third kappa shape index (κ3) is 3.21. The molecule has 4 nitrogen and oxygen atoms in total. The molecular weight excluding hydrogens is 201 g/mol. The molecule has 0 aliphatic rings. The van der Waals surface area contributed by atoms with Gasteiger partial charge in [0.1, 0.15) is 6.67 Å². The molecule has 1 rings (SSSR count). The van der Waals surface area contributed by atoms with Gasteiger partial charge in [0, 0.05) is 0 Å². The SMILES string of the molecule is O=C(O)NC(CF)c1ccc(CO)cc1. The van der Waals surface area contributed by atoms with Gasteiger partial charge in [0.05, 0.1) is 12.6 Å². The van der Waals surface area contributed by atoms with E-state index in [-0.39, 0.29) is 6.61 Å². The Bertz CT molecular complexity index is 326. The molecule has 0 saturated heterocycles. The molecule has 0 fully saturated rings. The summed E-state index contributed by atoms with van der Waals surface area (Å²) in [6, 6.07) is 5.58. The fourth-order valence-electron chi connectivity index (χ4n) is 1.22. The van der Waals surface area contributed by atoms with Crippen LogP contribution < -0.4 is 5.32 Å². The van der Waals surface area contributed by atoms with Crippen LogP contribution in [0, 0.1) is 0 Å². The van der Waals surface area contributed by atoms with E-state index in [0.717, 1.165) is 0 Å². The van der Waals surface area contributed by atoms with Gasteiger partial charge in [0.15, 0.2) is 0 Å². The van der Waals surface area contributed by atoms with Crippen molar-refractivity contribution in [3.8, 4) is 0 Å². The first-order valence-electron chi connectivity index (χ1n) is 4.42. The number of aliphatic hydroxyl groups is 1. The van der Waals surface area contributed by atoms with Gasteiger partial charge in [-0.2, -0.15) is 0 Å². The molecule has 0 spiro atoms. The van der Waals surface area contributed by atoms with E-state index in [4.69, 9.17) is 10.2 Å². The summed E-state index contributed by atoms with van der Waals surface area (Å²) >= 11 is 0. The molecule has 5 heteroatoms. The number of hydrogen-bond donors (Lipinski definition) is 3. The Hall–Kier alpha value is -1.62. The predicted octanol–water partition coefficient (Wildman–Crippen LogP) is 1.46. The summed E-state index contributed by atoms with van der Waals surface area (Å²) in [6.07, 6.45) is -1.26. The molecule has 1 unspecified atom stereocenters. The number of alkyl halides is 1. The molecule has 0 aliphatic heterocycles. The predicted molar refractivity (Wildman–Crippen MR) is 52.2 cm³/mol. The van der Waals surface area contributed by atoms with Crippen molar-refractivity contribution in [1.29, 1.82) is 0 Å². The summed E-state index contributed by atoms with van der Waals surface area (Å²) in [5.41, 5.74) is 1.24. The van der Waals surface area contributed by atoms with Crippen molar-refractivity contribution >= 4 is 6.09 Å². The highest BCUT2D eigenvalue weighted by molar-refractivity contribution is 5.65. The average molecular weight is 213 g/mol. The maximum atomic E-state index is 12.5. The van der Waals surface area contributed by atoms with Crippen molar-refractivity contribution < 1.29 is 19.4 Å². The van der Waals surface area contributed by atoms with Crippen molar-refractivity contribution in [2.24, 2.45) is 0 Å². The molecule has 3 N–H and O–H groups in total. The summed E-state index contributed by atoms with van der Waals surface area (Å²) in [4.78, 5) is 10.3. The van der Waals surface area contributed by atoms with E-state index < -0.39 is 18.8 Å². The van der Waals surface area contributed by atoms with Crippen molar-refractivity contribution in [1.82, 2.24) is 5.32 Å². The summed E-state index contributed by atoms with van der Waals surface area (Å²) in [7, 11) is 0. The first-order valence-corrected chi connectivity index (χ1v) is 4.42. The minimum Gasteiger partial charge on any atom is -0.465 e. The second-order valence-electron chi connectivity index (χ2n) is 3.06. The van der Waals surface area contributed by atoms with Crippen LogP contribution in [0.4, 0.5) is 9.18 Å². The zero-order chi connectivity index (χ0) is 11.3. The molecule has 0 saturated carbocycles. The normalized spacial score (nSPS) is 12.1. The van der Waals surface area contributed by atoms with E-state index in [0.29, 0.717) is 11.1 Å². The molecule has 1 aromatic carbocycles. The van der Waals surface area contributed by atoms with Crippen LogP contribution in [0.2, 0.25) is 0 Å². The summed E-state index contributed by atoms with van der Waals surface area (Å²) < 4.78 is 12.5. The van der Waals surface area contributed by atoms with Gasteiger partial charge in [-0.3, -0.25) is 0 Å². The fraction of sp³-hybridized carbons (Fsp3) is 0.300. The molecule has 0 radical (unpaired) electrons. The van der Waals surface area contributed by atoms with Crippen molar-refractivity contribution in [3.63, 3.8) is 0 Å². The molecular formula is C10H12FNO3. The Kier molecular flexibility index (Phi) is 4.05. The number of halogens is 1. The number of benzene rings is 1. The van der Waals surface area contributed by atoms with Crippen LogP contribution in [0.25, 0.3) is 0 Å². The van der Waals surface area contributed by atoms with Gasteiger partial charge in [0.25, 0.3) is 0 Å². The summed E-state index contributed by atoms with van der Waals surface area (Å²) in [6.45, 7) is -0.891. The van der Waals surface area contributed by atoms with E-state index in [2.05, 4.69) is 5.32 Å². The molecule has 82 valence electrons. The molecule has 1 aromatic rings. The minimum atomic E-state index is -1.26. The zero-order valence-electron chi connectivity index (χ0n) is 7.98. The van der Waals surface area contributed by atoms with Gasteiger partial charge < -0.3 is 15.5 Å². The van der Waals surface area contributed by atoms with Crippen LogP contribution in [-0.4, -0.2) is 23.0 Å². The number of hydrogen-bond acceptors (Lipinski definition) is 2. The fourth-order valence-corrected chi connectivity index (χ4v) is 1.22. The summed E-state index contributed by atoms with van der Waals surface area (Å²) in [5.74, 6) is 0. The van der Waals surface area contributed by atoms with Crippen LogP contribution in [0.15, 0.2) is 24.3 Å². The van der Waals surface area contributed by atoms with E-state index in [1.165, 1.54) is 0 Å². The van der Waals surface area contributed by atoms with Crippen LogP contribution >= 0.6 is 0 Å². The lowest BCUT2D eigenvalue weighted by atomic mass is 10.1. The van der Waals surface area contributed by atoms with Gasteiger partial charge >= 0.3 is 6.09 Å². The van der Waals surface area contributed by atoms with Gasteiger partial charge in [0.2, 0.25) is 0 Å². The Morgan fingerprint density at radius 3 is 2.40 bits per heavy atom. The molecule has 0 bridgehead atoms. The zero-order valence-corrected chi connectivity index (χ0v) is 7.98. The van der Waals surface area contributed by atoms with Gasteiger partial charge in [-0.25, -0.2) is 9.18 Å². The molecule has 1 amide bonds. The monoisotopic (exact) mass is 213 g/mol. The van der Waals surface area contributed by atoms with Crippen LogP contribution in [-0.2, 0) is 6.61 Å². The molecule has 0 aliphatic carbocycles. The lowest BCUT2D eigenvalue weighted by Crippen LogP contribution is -2.28. The quantitative estimate of drug-likeness (QED) is 0.709. The van der Waals surface area contributed by atoms with E-state index in [1.54, 1.807) is 24.3 Å². The van der Waals surface area contributed by atoms with Crippen LogP contribution in [0.1, 0.15) is 17.2 Å². The topological polar surface area (TPSA) is 69.6 Å². The van der Waals surface area contributed by atoms with Gasteiger partial charge in [-0.1, -0.05) is 24.3 Å².